The van der Waals surface area contributed by atoms with Gasteiger partial charge in [0.2, 0.25) is 0 Å². The first kappa shape index (κ1) is 14.6. The summed E-state index contributed by atoms with van der Waals surface area (Å²) in [5, 5.41) is 6.96. The summed E-state index contributed by atoms with van der Waals surface area (Å²) in [6, 6.07) is 4.54. The molecule has 1 aromatic carbocycles. The molecule has 10 heteroatoms. The molecule has 114 valence electrons. The van der Waals surface area contributed by atoms with E-state index >= 15 is 0 Å². The van der Waals surface area contributed by atoms with Crippen LogP contribution in [-0.2, 0) is 10.0 Å². The Morgan fingerprint density at radius 1 is 1.23 bits per heavy atom. The van der Waals surface area contributed by atoms with Crippen molar-refractivity contribution in [2.45, 2.75) is 4.90 Å². The Morgan fingerprint density at radius 3 is 2.77 bits per heavy atom. The van der Waals surface area contributed by atoms with Gasteiger partial charge >= 0.3 is 0 Å². The summed E-state index contributed by atoms with van der Waals surface area (Å²) in [5.41, 5.74) is 0.625. The molecule has 22 heavy (non-hydrogen) atoms. The molecule has 1 N–H and O–H groups in total. The van der Waals surface area contributed by atoms with E-state index in [-0.39, 0.29) is 11.8 Å². The first-order valence-electron chi connectivity index (χ1n) is 5.80. The van der Waals surface area contributed by atoms with Gasteiger partial charge in [-0.15, -0.1) is 0 Å². The van der Waals surface area contributed by atoms with Crippen molar-refractivity contribution in [1.82, 2.24) is 10.1 Å². The van der Waals surface area contributed by atoms with Crippen LogP contribution in [0.2, 0.25) is 0 Å². The Bertz CT molecular complexity index is 908. The molecule has 2 aromatic heterocycles. The third kappa shape index (κ3) is 2.70. The quantitative estimate of drug-likeness (QED) is 0.787. The van der Waals surface area contributed by atoms with Gasteiger partial charge in [-0.25, -0.2) is 21.9 Å². The van der Waals surface area contributed by atoms with Crippen molar-refractivity contribution in [3.63, 3.8) is 0 Å². The highest BCUT2D eigenvalue weighted by molar-refractivity contribution is 7.92. The molecule has 0 spiro atoms. The van der Waals surface area contributed by atoms with Crippen LogP contribution in [0.5, 0.6) is 0 Å². The summed E-state index contributed by atoms with van der Waals surface area (Å²) in [7, 11) is -4.37. The second-order valence-electron chi connectivity index (χ2n) is 4.09. The van der Waals surface area contributed by atoms with Crippen LogP contribution in [0.3, 0.4) is 0 Å². The molecule has 0 bridgehead atoms. The van der Waals surface area contributed by atoms with Gasteiger partial charge in [-0.3, -0.25) is 0 Å². The second-order valence-corrected chi connectivity index (χ2v) is 6.52. The Labute approximate surface area is 127 Å². The third-order valence-electron chi connectivity index (χ3n) is 2.63. The fourth-order valence-electron chi connectivity index (χ4n) is 1.64. The van der Waals surface area contributed by atoms with E-state index in [1.165, 1.54) is 11.3 Å². The van der Waals surface area contributed by atoms with Crippen LogP contribution in [-0.4, -0.2) is 18.6 Å². The number of anilines is 1. The van der Waals surface area contributed by atoms with Crippen molar-refractivity contribution in [1.29, 1.82) is 0 Å². The van der Waals surface area contributed by atoms with Gasteiger partial charge in [-0.2, -0.15) is 16.3 Å². The molecule has 3 rings (SSSR count). The molecule has 0 radical (unpaired) electrons. The maximum Gasteiger partial charge on any atom is 0.277 e. The van der Waals surface area contributed by atoms with Gasteiger partial charge in [0, 0.05) is 5.38 Å². The summed E-state index contributed by atoms with van der Waals surface area (Å²) >= 11 is 1.40. The first-order chi connectivity index (χ1) is 10.5. The van der Waals surface area contributed by atoms with E-state index in [1.807, 2.05) is 4.72 Å². The van der Waals surface area contributed by atoms with E-state index in [0.29, 0.717) is 5.56 Å². The molecular weight excluding hydrogens is 336 g/mol. The van der Waals surface area contributed by atoms with Crippen LogP contribution in [0.1, 0.15) is 0 Å². The lowest BCUT2D eigenvalue weighted by atomic mass is 10.3. The maximum atomic E-state index is 13.6. The number of sulfonamides is 1. The largest absolute Gasteiger partial charge is 0.332 e. The zero-order chi connectivity index (χ0) is 15.7. The van der Waals surface area contributed by atoms with Gasteiger partial charge < -0.3 is 4.52 Å². The zero-order valence-corrected chi connectivity index (χ0v) is 12.3. The molecule has 0 unspecified atom stereocenters. The molecule has 0 fully saturated rings. The molecule has 3 aromatic rings. The Morgan fingerprint density at radius 2 is 2.05 bits per heavy atom. The van der Waals surface area contributed by atoms with Crippen molar-refractivity contribution < 1.29 is 21.7 Å². The molecule has 0 aliphatic rings. The lowest BCUT2D eigenvalue weighted by molar-refractivity contribution is 0.433. The monoisotopic (exact) mass is 343 g/mol. The first-order valence-corrected chi connectivity index (χ1v) is 8.23. The van der Waals surface area contributed by atoms with Gasteiger partial charge in [0.1, 0.15) is 4.90 Å². The van der Waals surface area contributed by atoms with Crippen LogP contribution in [0, 0.1) is 11.6 Å². The molecule has 0 saturated carbocycles. The van der Waals surface area contributed by atoms with Gasteiger partial charge in [-0.05, 0) is 28.7 Å². The van der Waals surface area contributed by atoms with Crippen LogP contribution >= 0.6 is 11.3 Å². The average Bonchev–Trinajstić information content (AvgIpc) is 3.11. The van der Waals surface area contributed by atoms with Crippen LogP contribution in [0.4, 0.5) is 14.7 Å². The number of aromatic nitrogens is 2. The number of halogens is 2. The molecule has 0 saturated heterocycles. The van der Waals surface area contributed by atoms with E-state index in [1.54, 1.807) is 16.8 Å². The number of hydrogen-bond acceptors (Lipinski definition) is 6. The van der Waals surface area contributed by atoms with E-state index in [9.17, 15) is 17.2 Å². The second kappa shape index (κ2) is 5.46. The fraction of sp³-hybridized carbons (Fsp3) is 0. The highest BCUT2D eigenvalue weighted by atomic mass is 32.2. The number of nitrogens with one attached hydrogen (secondary N) is 1. The van der Waals surface area contributed by atoms with Gasteiger partial charge in [0.25, 0.3) is 21.9 Å². The highest BCUT2D eigenvalue weighted by Crippen LogP contribution is 2.23. The van der Waals surface area contributed by atoms with Crippen molar-refractivity contribution in [2.75, 3.05) is 4.72 Å². The normalized spacial score (nSPS) is 11.5. The Balaban J connectivity index is 1.91. The number of thiophene rings is 1. The van der Waals surface area contributed by atoms with Crippen molar-refractivity contribution in [3.8, 4) is 11.5 Å². The SMILES string of the molecule is O=S(=O)(Nc1noc(-c2ccsc2)n1)c1cccc(F)c1F. The lowest BCUT2D eigenvalue weighted by Gasteiger charge is -2.05. The van der Waals surface area contributed by atoms with E-state index < -0.39 is 26.6 Å². The lowest BCUT2D eigenvalue weighted by Crippen LogP contribution is -2.16. The predicted octanol–water partition coefficient (Wildman–Crippen LogP) is 2.88. The minimum Gasteiger partial charge on any atom is -0.332 e. The topological polar surface area (TPSA) is 85.1 Å². The maximum absolute atomic E-state index is 13.6. The summed E-state index contributed by atoms with van der Waals surface area (Å²) in [5.74, 6) is -3.00. The summed E-state index contributed by atoms with van der Waals surface area (Å²) in [6.07, 6.45) is 0. The molecule has 0 atom stereocenters. The smallest absolute Gasteiger partial charge is 0.277 e. The van der Waals surface area contributed by atoms with E-state index in [4.69, 9.17) is 4.52 Å². The van der Waals surface area contributed by atoms with Crippen LogP contribution in [0.15, 0.2) is 44.4 Å². The van der Waals surface area contributed by atoms with Gasteiger partial charge in [0.15, 0.2) is 11.6 Å². The standard InChI is InChI=1S/C12H7F2N3O3S2/c13-8-2-1-3-9(10(8)14)22(18,19)17-12-15-11(20-16-12)7-4-5-21-6-7/h1-6H,(H,16,17). The summed E-state index contributed by atoms with van der Waals surface area (Å²) in [6.45, 7) is 0. The van der Waals surface area contributed by atoms with Crippen LogP contribution < -0.4 is 4.72 Å². The van der Waals surface area contributed by atoms with E-state index in [2.05, 4.69) is 10.1 Å². The highest BCUT2D eigenvalue weighted by Gasteiger charge is 2.23. The van der Waals surface area contributed by atoms with Crippen LogP contribution in [0.25, 0.3) is 11.5 Å². The van der Waals surface area contributed by atoms with Gasteiger partial charge in [-0.1, -0.05) is 6.07 Å². The number of nitrogens with zero attached hydrogens (tertiary/aromatic N) is 2. The number of benzene rings is 1. The fourth-order valence-corrected chi connectivity index (χ4v) is 3.29. The number of rotatable bonds is 4. The van der Waals surface area contributed by atoms with Crippen molar-refractivity contribution in [2.24, 2.45) is 0 Å². The number of hydrogen-bond donors (Lipinski definition) is 1. The molecule has 2 heterocycles. The third-order valence-corrected chi connectivity index (χ3v) is 4.65. The molecule has 6 nitrogen and oxygen atoms in total. The Kier molecular flexibility index (Phi) is 3.62. The minimum absolute atomic E-state index is 0.110. The summed E-state index contributed by atoms with van der Waals surface area (Å²) < 4.78 is 57.6. The van der Waals surface area contributed by atoms with E-state index in [0.717, 1.165) is 18.2 Å². The van der Waals surface area contributed by atoms with Crippen molar-refractivity contribution >= 4 is 27.3 Å². The zero-order valence-electron chi connectivity index (χ0n) is 10.7. The molecule has 0 amide bonds. The molecule has 0 aliphatic carbocycles. The Hall–Kier alpha value is -2.33. The predicted molar refractivity (Wildman–Crippen MR) is 74.8 cm³/mol. The average molecular weight is 343 g/mol. The van der Waals surface area contributed by atoms with Gasteiger partial charge in [0.05, 0.1) is 5.56 Å². The van der Waals surface area contributed by atoms with Crippen molar-refractivity contribution in [3.05, 3.63) is 46.7 Å². The molecule has 0 aliphatic heterocycles. The summed E-state index contributed by atoms with van der Waals surface area (Å²) in [4.78, 5) is 3.00. The minimum atomic E-state index is -4.37. The molecular formula is C12H7F2N3O3S2.